The summed E-state index contributed by atoms with van der Waals surface area (Å²) in [6.07, 6.45) is 0. The van der Waals surface area contributed by atoms with Crippen LogP contribution in [0.2, 0.25) is 0 Å². The van der Waals surface area contributed by atoms with Gasteiger partial charge >= 0.3 is 0 Å². The Labute approximate surface area is 83.0 Å². The Morgan fingerprint density at radius 1 is 1.57 bits per heavy atom. The Kier molecular flexibility index (Phi) is 3.48. The fraction of sp³-hybridized carbons (Fsp3) is 0.300. The minimum Gasteiger partial charge on any atom is -0.497 e. The van der Waals surface area contributed by atoms with Gasteiger partial charge in [0.2, 0.25) is 0 Å². The molecule has 4 heteroatoms. The molecule has 0 bridgehead atoms. The van der Waals surface area contributed by atoms with E-state index in [0.29, 0.717) is 11.5 Å². The van der Waals surface area contributed by atoms with Crippen molar-refractivity contribution in [3.05, 3.63) is 29.8 Å². The fourth-order valence-electron chi connectivity index (χ4n) is 1.19. The Morgan fingerprint density at radius 2 is 2.29 bits per heavy atom. The van der Waals surface area contributed by atoms with Gasteiger partial charge < -0.3 is 15.7 Å². The number of rotatable bonds is 3. The highest BCUT2D eigenvalue weighted by atomic mass is 16.5. The largest absolute Gasteiger partial charge is 0.497 e. The van der Waals surface area contributed by atoms with Gasteiger partial charge in [-0.25, -0.2) is 0 Å². The first-order valence-electron chi connectivity index (χ1n) is 4.31. The molecule has 14 heavy (non-hydrogen) atoms. The van der Waals surface area contributed by atoms with E-state index in [-0.39, 0.29) is 6.04 Å². The number of nitrogens with two attached hydrogens (primary N) is 1. The minimum atomic E-state index is -0.313. The van der Waals surface area contributed by atoms with E-state index in [2.05, 4.69) is 5.16 Å². The van der Waals surface area contributed by atoms with Crippen LogP contribution in [0.1, 0.15) is 12.5 Å². The van der Waals surface area contributed by atoms with Crippen LogP contribution in [0.25, 0.3) is 0 Å². The SMILES string of the molecule is COc1cccc(C(=NO)[C@@H](C)N)c1. The summed E-state index contributed by atoms with van der Waals surface area (Å²) in [7, 11) is 1.58. The topological polar surface area (TPSA) is 67.8 Å². The number of hydrogen-bond donors (Lipinski definition) is 2. The molecular weight excluding hydrogens is 180 g/mol. The van der Waals surface area contributed by atoms with Crippen LogP contribution in [0.5, 0.6) is 5.75 Å². The maximum atomic E-state index is 8.78. The quantitative estimate of drug-likeness (QED) is 0.432. The monoisotopic (exact) mass is 194 g/mol. The van der Waals surface area contributed by atoms with Gasteiger partial charge in [0.05, 0.1) is 7.11 Å². The summed E-state index contributed by atoms with van der Waals surface area (Å²) in [6.45, 7) is 1.76. The molecule has 0 aromatic heterocycles. The Bertz CT molecular complexity index is 335. The normalized spacial score (nSPS) is 13.8. The van der Waals surface area contributed by atoms with Gasteiger partial charge in [-0.2, -0.15) is 0 Å². The third-order valence-electron chi connectivity index (χ3n) is 1.90. The third kappa shape index (κ3) is 2.23. The maximum absolute atomic E-state index is 8.78. The highest BCUT2D eigenvalue weighted by molar-refractivity contribution is 6.03. The number of ether oxygens (including phenoxy) is 1. The average Bonchev–Trinajstić information content (AvgIpc) is 2.19. The van der Waals surface area contributed by atoms with Crippen LogP contribution in [0.4, 0.5) is 0 Å². The predicted molar refractivity (Wildman–Crippen MR) is 55.0 cm³/mol. The molecule has 0 aliphatic rings. The van der Waals surface area contributed by atoms with E-state index in [0.717, 1.165) is 5.56 Å². The summed E-state index contributed by atoms with van der Waals surface area (Å²) in [6, 6.07) is 6.92. The van der Waals surface area contributed by atoms with Gasteiger partial charge in [-0.05, 0) is 19.1 Å². The predicted octanol–water partition coefficient (Wildman–Crippen LogP) is 1.22. The first-order valence-corrected chi connectivity index (χ1v) is 4.31. The lowest BCUT2D eigenvalue weighted by Crippen LogP contribution is -2.27. The molecule has 0 saturated heterocycles. The second kappa shape index (κ2) is 4.62. The van der Waals surface area contributed by atoms with Crippen molar-refractivity contribution in [2.75, 3.05) is 7.11 Å². The lowest BCUT2D eigenvalue weighted by atomic mass is 10.1. The number of hydrogen-bond acceptors (Lipinski definition) is 4. The molecule has 1 aromatic carbocycles. The van der Waals surface area contributed by atoms with Crippen LogP contribution in [-0.4, -0.2) is 24.1 Å². The molecule has 0 aliphatic carbocycles. The van der Waals surface area contributed by atoms with E-state index in [1.54, 1.807) is 20.1 Å². The molecule has 0 spiro atoms. The van der Waals surface area contributed by atoms with Gasteiger partial charge in [-0.1, -0.05) is 17.3 Å². The van der Waals surface area contributed by atoms with Gasteiger partial charge in [0.25, 0.3) is 0 Å². The molecule has 0 radical (unpaired) electrons. The summed E-state index contributed by atoms with van der Waals surface area (Å²) < 4.78 is 5.05. The standard InChI is InChI=1S/C10H14N2O2/c1-7(11)10(12-13)8-4-3-5-9(6-8)14-2/h3-7,13H,11H2,1-2H3/t7-/m1/s1. The average molecular weight is 194 g/mol. The first kappa shape index (κ1) is 10.5. The molecule has 0 unspecified atom stereocenters. The summed E-state index contributed by atoms with van der Waals surface area (Å²) in [5.41, 5.74) is 6.85. The van der Waals surface area contributed by atoms with E-state index < -0.39 is 0 Å². The number of nitrogens with zero attached hydrogens (tertiary/aromatic N) is 1. The van der Waals surface area contributed by atoms with Crippen molar-refractivity contribution < 1.29 is 9.94 Å². The van der Waals surface area contributed by atoms with Crippen molar-refractivity contribution in [1.29, 1.82) is 0 Å². The van der Waals surface area contributed by atoms with Crippen molar-refractivity contribution >= 4 is 5.71 Å². The van der Waals surface area contributed by atoms with E-state index in [1.165, 1.54) is 0 Å². The van der Waals surface area contributed by atoms with Gasteiger partial charge in [0.1, 0.15) is 11.5 Å². The summed E-state index contributed by atoms with van der Waals surface area (Å²) in [4.78, 5) is 0. The van der Waals surface area contributed by atoms with Crippen LogP contribution in [0.15, 0.2) is 29.4 Å². The van der Waals surface area contributed by atoms with Crippen molar-refractivity contribution in [2.24, 2.45) is 10.9 Å². The molecule has 4 nitrogen and oxygen atoms in total. The Balaban J connectivity index is 3.05. The van der Waals surface area contributed by atoms with E-state index in [9.17, 15) is 0 Å². The summed E-state index contributed by atoms with van der Waals surface area (Å²) >= 11 is 0. The molecular formula is C10H14N2O2. The minimum absolute atomic E-state index is 0.313. The van der Waals surface area contributed by atoms with Crippen LogP contribution < -0.4 is 10.5 Å². The van der Waals surface area contributed by atoms with Crippen molar-refractivity contribution in [2.45, 2.75) is 13.0 Å². The highest BCUT2D eigenvalue weighted by Gasteiger charge is 2.09. The number of oxime groups is 1. The van der Waals surface area contributed by atoms with Crippen molar-refractivity contribution in [3.8, 4) is 5.75 Å². The van der Waals surface area contributed by atoms with Crippen LogP contribution in [-0.2, 0) is 0 Å². The molecule has 76 valence electrons. The second-order valence-electron chi connectivity index (χ2n) is 3.01. The Morgan fingerprint density at radius 3 is 2.79 bits per heavy atom. The highest BCUT2D eigenvalue weighted by Crippen LogP contribution is 2.14. The third-order valence-corrected chi connectivity index (χ3v) is 1.90. The zero-order chi connectivity index (χ0) is 10.6. The molecule has 3 N–H and O–H groups in total. The lowest BCUT2D eigenvalue weighted by Gasteiger charge is -2.09. The van der Waals surface area contributed by atoms with Crippen molar-refractivity contribution in [1.82, 2.24) is 0 Å². The zero-order valence-electron chi connectivity index (χ0n) is 8.27. The zero-order valence-corrected chi connectivity index (χ0v) is 8.27. The van der Waals surface area contributed by atoms with Crippen LogP contribution >= 0.6 is 0 Å². The fourth-order valence-corrected chi connectivity index (χ4v) is 1.19. The molecule has 0 amide bonds. The molecule has 1 atom stereocenters. The van der Waals surface area contributed by atoms with Gasteiger partial charge in [0.15, 0.2) is 0 Å². The Hall–Kier alpha value is -1.55. The molecule has 0 saturated carbocycles. The van der Waals surface area contributed by atoms with Crippen LogP contribution in [0, 0.1) is 0 Å². The van der Waals surface area contributed by atoms with E-state index in [1.807, 2.05) is 18.2 Å². The number of methoxy groups -OCH3 is 1. The molecule has 1 aromatic rings. The maximum Gasteiger partial charge on any atom is 0.119 e. The number of benzene rings is 1. The summed E-state index contributed by atoms with van der Waals surface area (Å²) in [5, 5.41) is 11.9. The molecule has 0 aliphatic heterocycles. The van der Waals surface area contributed by atoms with E-state index in [4.69, 9.17) is 15.7 Å². The summed E-state index contributed by atoms with van der Waals surface area (Å²) in [5.74, 6) is 0.712. The van der Waals surface area contributed by atoms with Crippen molar-refractivity contribution in [3.63, 3.8) is 0 Å². The second-order valence-corrected chi connectivity index (χ2v) is 3.01. The van der Waals surface area contributed by atoms with Gasteiger partial charge in [0, 0.05) is 11.6 Å². The molecule has 0 fully saturated rings. The molecule has 0 heterocycles. The van der Waals surface area contributed by atoms with Crippen LogP contribution in [0.3, 0.4) is 0 Å². The van der Waals surface area contributed by atoms with Gasteiger partial charge in [-0.3, -0.25) is 0 Å². The van der Waals surface area contributed by atoms with E-state index >= 15 is 0 Å². The first-order chi connectivity index (χ1) is 6.69. The van der Waals surface area contributed by atoms with Gasteiger partial charge in [-0.15, -0.1) is 0 Å². The molecule has 1 rings (SSSR count). The lowest BCUT2D eigenvalue weighted by molar-refractivity contribution is 0.317. The smallest absolute Gasteiger partial charge is 0.119 e.